The predicted molar refractivity (Wildman–Crippen MR) is 59.8 cm³/mol. The van der Waals surface area contributed by atoms with Gasteiger partial charge < -0.3 is 14.9 Å². The molecule has 0 aliphatic carbocycles. The number of hydrogen-bond donors (Lipinski definition) is 2. The van der Waals surface area contributed by atoms with Gasteiger partial charge in [0.2, 0.25) is 0 Å². The van der Waals surface area contributed by atoms with E-state index in [1.165, 1.54) is 6.92 Å². The smallest absolute Gasteiger partial charge is 0.344 e. The molecular formula is C11H13ClO4. The number of aliphatic hydroxyl groups excluding tert-OH is 1. The van der Waals surface area contributed by atoms with Crippen LogP contribution in [-0.4, -0.2) is 22.3 Å². The number of carboxylic acids is 1. The van der Waals surface area contributed by atoms with Crippen LogP contribution in [0.2, 0.25) is 5.02 Å². The van der Waals surface area contributed by atoms with Crippen molar-refractivity contribution in [1.82, 2.24) is 0 Å². The number of carbonyl (C=O) groups is 1. The van der Waals surface area contributed by atoms with Crippen LogP contribution in [0, 0.1) is 0 Å². The van der Waals surface area contributed by atoms with Crippen LogP contribution in [0.25, 0.3) is 0 Å². The Hall–Kier alpha value is -1.26. The van der Waals surface area contributed by atoms with Gasteiger partial charge in [-0.05, 0) is 32.0 Å². The lowest BCUT2D eigenvalue weighted by Gasteiger charge is -2.16. The fraction of sp³-hybridized carbons (Fsp3) is 0.364. The number of benzene rings is 1. The molecule has 1 unspecified atom stereocenters. The lowest BCUT2D eigenvalue weighted by Crippen LogP contribution is -2.23. The number of halogens is 1. The van der Waals surface area contributed by atoms with E-state index in [0.717, 1.165) is 0 Å². The van der Waals surface area contributed by atoms with Gasteiger partial charge in [-0.15, -0.1) is 0 Å². The molecule has 0 aromatic heterocycles. The molecule has 0 heterocycles. The molecule has 0 amide bonds. The summed E-state index contributed by atoms with van der Waals surface area (Å²) in [5.74, 6) is -0.735. The zero-order chi connectivity index (χ0) is 12.3. The second-order valence-corrected chi connectivity index (χ2v) is 3.89. The molecule has 1 rings (SSSR count). The molecule has 2 atom stereocenters. The molecule has 0 aliphatic rings. The maximum atomic E-state index is 10.6. The summed E-state index contributed by atoms with van der Waals surface area (Å²) in [5.41, 5.74) is 0.473. The first-order valence-corrected chi connectivity index (χ1v) is 5.16. The Morgan fingerprint density at radius 1 is 1.44 bits per heavy atom. The summed E-state index contributed by atoms with van der Waals surface area (Å²) in [6, 6.07) is 4.68. The van der Waals surface area contributed by atoms with E-state index in [9.17, 15) is 9.90 Å². The van der Waals surface area contributed by atoms with E-state index in [1.807, 2.05) is 0 Å². The summed E-state index contributed by atoms with van der Waals surface area (Å²) in [7, 11) is 0. The summed E-state index contributed by atoms with van der Waals surface area (Å²) >= 11 is 5.78. The molecule has 88 valence electrons. The second-order valence-electron chi connectivity index (χ2n) is 3.46. The van der Waals surface area contributed by atoms with E-state index in [4.69, 9.17) is 21.4 Å². The average molecular weight is 245 g/mol. The summed E-state index contributed by atoms with van der Waals surface area (Å²) < 4.78 is 5.21. The zero-order valence-electron chi connectivity index (χ0n) is 8.98. The van der Waals surface area contributed by atoms with Crippen LogP contribution in [-0.2, 0) is 4.79 Å². The number of rotatable bonds is 4. The number of hydrogen-bond acceptors (Lipinski definition) is 3. The highest BCUT2D eigenvalue weighted by atomic mass is 35.5. The van der Waals surface area contributed by atoms with Crippen molar-refractivity contribution in [3.8, 4) is 5.75 Å². The topological polar surface area (TPSA) is 66.8 Å². The van der Waals surface area contributed by atoms with Crippen LogP contribution in [0.3, 0.4) is 0 Å². The van der Waals surface area contributed by atoms with Gasteiger partial charge >= 0.3 is 5.97 Å². The molecule has 0 bridgehead atoms. The minimum absolute atomic E-state index is 0.328. The fourth-order valence-corrected chi connectivity index (χ4v) is 1.37. The predicted octanol–water partition coefficient (Wildman–Crippen LogP) is 2.25. The van der Waals surface area contributed by atoms with Crippen molar-refractivity contribution >= 4 is 17.6 Å². The molecule has 1 aromatic carbocycles. The summed E-state index contributed by atoms with van der Waals surface area (Å²) in [6.07, 6.45) is -1.74. The highest BCUT2D eigenvalue weighted by Gasteiger charge is 2.16. The lowest BCUT2D eigenvalue weighted by atomic mass is 10.1. The van der Waals surface area contributed by atoms with Crippen LogP contribution >= 0.6 is 11.6 Å². The van der Waals surface area contributed by atoms with Crippen molar-refractivity contribution in [2.75, 3.05) is 0 Å². The Bertz CT molecular complexity index is 390. The zero-order valence-corrected chi connectivity index (χ0v) is 9.73. The number of ether oxygens (including phenoxy) is 1. The minimum atomic E-state index is -1.06. The molecular weight excluding hydrogens is 232 g/mol. The van der Waals surface area contributed by atoms with Crippen molar-refractivity contribution < 1.29 is 19.7 Å². The maximum Gasteiger partial charge on any atom is 0.344 e. The summed E-state index contributed by atoms with van der Waals surface area (Å²) in [4.78, 5) is 10.6. The minimum Gasteiger partial charge on any atom is -0.479 e. The van der Waals surface area contributed by atoms with E-state index in [0.29, 0.717) is 16.3 Å². The summed E-state index contributed by atoms with van der Waals surface area (Å²) in [6.45, 7) is 2.98. The Morgan fingerprint density at radius 3 is 2.56 bits per heavy atom. The molecule has 0 radical (unpaired) electrons. The Kier molecular flexibility index (Phi) is 4.15. The second kappa shape index (κ2) is 5.18. The lowest BCUT2D eigenvalue weighted by molar-refractivity contribution is -0.144. The van der Waals surface area contributed by atoms with E-state index in [1.54, 1.807) is 25.1 Å². The van der Waals surface area contributed by atoms with Crippen molar-refractivity contribution in [2.24, 2.45) is 0 Å². The van der Waals surface area contributed by atoms with Crippen LogP contribution in [0.4, 0.5) is 0 Å². The fourth-order valence-electron chi connectivity index (χ4n) is 1.19. The number of aliphatic carboxylic acids is 1. The Balaban J connectivity index is 2.99. The molecule has 0 spiro atoms. The van der Waals surface area contributed by atoms with E-state index in [2.05, 4.69) is 0 Å². The van der Waals surface area contributed by atoms with Gasteiger partial charge in [0.15, 0.2) is 6.10 Å². The SMILES string of the molecule is CC(Oc1ccc(Cl)cc1[C@H](C)O)C(=O)O. The summed E-state index contributed by atoms with van der Waals surface area (Å²) in [5, 5.41) is 18.7. The first-order valence-electron chi connectivity index (χ1n) is 4.78. The van der Waals surface area contributed by atoms with Gasteiger partial charge in [-0.25, -0.2) is 4.79 Å². The molecule has 16 heavy (non-hydrogen) atoms. The van der Waals surface area contributed by atoms with Gasteiger partial charge in [-0.2, -0.15) is 0 Å². The van der Waals surface area contributed by atoms with Crippen LogP contribution in [0.1, 0.15) is 25.5 Å². The van der Waals surface area contributed by atoms with Gasteiger partial charge in [-0.3, -0.25) is 0 Å². The third kappa shape index (κ3) is 3.12. The van der Waals surface area contributed by atoms with Crippen molar-refractivity contribution in [3.63, 3.8) is 0 Å². The molecule has 0 aliphatic heterocycles. The van der Waals surface area contributed by atoms with Crippen molar-refractivity contribution in [1.29, 1.82) is 0 Å². The highest BCUT2D eigenvalue weighted by molar-refractivity contribution is 6.30. The normalized spacial score (nSPS) is 14.2. The van der Waals surface area contributed by atoms with E-state index < -0.39 is 18.2 Å². The molecule has 5 heteroatoms. The van der Waals surface area contributed by atoms with Gasteiger partial charge in [0, 0.05) is 10.6 Å². The maximum absolute atomic E-state index is 10.6. The molecule has 2 N–H and O–H groups in total. The third-order valence-electron chi connectivity index (χ3n) is 2.07. The Morgan fingerprint density at radius 2 is 2.06 bits per heavy atom. The van der Waals surface area contributed by atoms with Gasteiger partial charge in [-0.1, -0.05) is 11.6 Å². The van der Waals surface area contributed by atoms with E-state index in [-0.39, 0.29) is 0 Å². The first kappa shape index (κ1) is 12.8. The molecule has 0 saturated carbocycles. The van der Waals surface area contributed by atoms with Crippen LogP contribution < -0.4 is 4.74 Å². The number of aliphatic hydroxyl groups is 1. The van der Waals surface area contributed by atoms with Gasteiger partial charge in [0.25, 0.3) is 0 Å². The first-order chi connectivity index (χ1) is 7.41. The van der Waals surface area contributed by atoms with Crippen molar-refractivity contribution in [3.05, 3.63) is 28.8 Å². The van der Waals surface area contributed by atoms with Crippen LogP contribution in [0.5, 0.6) is 5.75 Å². The monoisotopic (exact) mass is 244 g/mol. The standard InChI is InChI=1S/C11H13ClO4/c1-6(13)9-5-8(12)3-4-10(9)16-7(2)11(14)15/h3-7,13H,1-2H3,(H,14,15)/t6-,7?/m0/s1. The molecule has 0 fully saturated rings. The van der Waals surface area contributed by atoms with Crippen LogP contribution in [0.15, 0.2) is 18.2 Å². The van der Waals surface area contributed by atoms with Gasteiger partial charge in [0.05, 0.1) is 6.10 Å². The average Bonchev–Trinajstić information content (AvgIpc) is 2.20. The number of carboxylic acid groups (broad SMARTS) is 1. The quantitative estimate of drug-likeness (QED) is 0.853. The molecule has 4 nitrogen and oxygen atoms in total. The van der Waals surface area contributed by atoms with Gasteiger partial charge in [0.1, 0.15) is 5.75 Å². The largest absolute Gasteiger partial charge is 0.479 e. The van der Waals surface area contributed by atoms with Crippen molar-refractivity contribution in [2.45, 2.75) is 26.1 Å². The highest BCUT2D eigenvalue weighted by Crippen LogP contribution is 2.28. The Labute approximate surface area is 98.4 Å². The molecule has 0 saturated heterocycles. The molecule has 1 aromatic rings. The van der Waals surface area contributed by atoms with E-state index >= 15 is 0 Å². The third-order valence-corrected chi connectivity index (χ3v) is 2.31.